The van der Waals surface area contributed by atoms with Crippen LogP contribution in [-0.4, -0.2) is 50.8 Å². The van der Waals surface area contributed by atoms with Crippen LogP contribution in [0.4, 0.5) is 0 Å². The van der Waals surface area contributed by atoms with Crippen molar-refractivity contribution in [1.29, 1.82) is 0 Å². The van der Waals surface area contributed by atoms with E-state index in [1.165, 1.54) is 5.56 Å². The average Bonchev–Trinajstić information content (AvgIpc) is 3.45. The van der Waals surface area contributed by atoms with Crippen molar-refractivity contribution >= 4 is 0 Å². The molecule has 0 aromatic heterocycles. The summed E-state index contributed by atoms with van der Waals surface area (Å²) in [7, 11) is 0. The Morgan fingerprint density at radius 3 is 1.68 bits per heavy atom. The molecule has 0 radical (unpaired) electrons. The van der Waals surface area contributed by atoms with Crippen LogP contribution in [0, 0.1) is 11.3 Å². The van der Waals surface area contributed by atoms with Crippen molar-refractivity contribution in [1.82, 2.24) is 0 Å². The van der Waals surface area contributed by atoms with E-state index >= 15 is 0 Å². The molecule has 4 heteroatoms. The fraction of sp³-hybridized carbons (Fsp3) is 0.714. The molecular formula is C21H28O4. The van der Waals surface area contributed by atoms with E-state index in [0.717, 1.165) is 58.5 Å². The lowest BCUT2D eigenvalue weighted by Gasteiger charge is -2.41. The van der Waals surface area contributed by atoms with E-state index in [-0.39, 0.29) is 5.41 Å². The van der Waals surface area contributed by atoms with Crippen molar-refractivity contribution < 1.29 is 18.9 Å². The lowest BCUT2D eigenvalue weighted by molar-refractivity contribution is 0.0739. The highest BCUT2D eigenvalue weighted by atomic mass is 16.6. The van der Waals surface area contributed by atoms with Gasteiger partial charge >= 0.3 is 0 Å². The second-order valence-electron chi connectivity index (χ2n) is 8.42. The summed E-state index contributed by atoms with van der Waals surface area (Å²) in [6.45, 7) is 3.72. The number of epoxide rings is 4. The summed E-state index contributed by atoms with van der Waals surface area (Å²) in [5.74, 6) is 0.612. The van der Waals surface area contributed by atoms with Gasteiger partial charge in [-0.2, -0.15) is 0 Å². The zero-order chi connectivity index (χ0) is 16.7. The molecule has 0 saturated carbocycles. The van der Waals surface area contributed by atoms with Crippen LogP contribution in [0.1, 0.15) is 31.2 Å². The van der Waals surface area contributed by atoms with E-state index in [2.05, 4.69) is 30.3 Å². The van der Waals surface area contributed by atoms with Gasteiger partial charge in [0.2, 0.25) is 0 Å². The Balaban J connectivity index is 1.43. The Bertz CT molecular complexity index is 545. The van der Waals surface area contributed by atoms with Gasteiger partial charge in [0.25, 0.3) is 0 Å². The molecule has 136 valence electrons. The number of ether oxygens (including phenoxy) is 4. The summed E-state index contributed by atoms with van der Waals surface area (Å²) >= 11 is 0. The Hall–Kier alpha value is -0.940. The molecule has 4 atom stereocenters. The predicted molar refractivity (Wildman–Crippen MR) is 93.5 cm³/mol. The van der Waals surface area contributed by atoms with Crippen LogP contribution in [0.5, 0.6) is 0 Å². The first-order valence-corrected chi connectivity index (χ1v) is 9.79. The van der Waals surface area contributed by atoms with Crippen LogP contribution in [0.2, 0.25) is 0 Å². The maximum atomic E-state index is 5.69. The van der Waals surface area contributed by atoms with Gasteiger partial charge in [0.15, 0.2) is 0 Å². The highest BCUT2D eigenvalue weighted by Crippen LogP contribution is 2.50. The predicted octanol–water partition coefficient (Wildman–Crippen LogP) is 2.99. The smallest absolute Gasteiger partial charge is 0.0815 e. The monoisotopic (exact) mass is 344 g/mol. The highest BCUT2D eigenvalue weighted by Gasteiger charge is 2.50. The van der Waals surface area contributed by atoms with Crippen molar-refractivity contribution in [2.75, 3.05) is 26.4 Å². The standard InChI is InChI=1S/C21H28O4/c1-2-4-15(5-3-1)8-21(9-19-13-24-19,10-20-14-25-20)16(6-17-11-22-17)7-18-12-23-18/h1-5,16-20H,6-14H2. The lowest BCUT2D eigenvalue weighted by atomic mass is 9.63. The van der Waals surface area contributed by atoms with Crippen LogP contribution in [-0.2, 0) is 25.4 Å². The topological polar surface area (TPSA) is 50.1 Å². The van der Waals surface area contributed by atoms with Crippen molar-refractivity contribution in [3.63, 3.8) is 0 Å². The van der Waals surface area contributed by atoms with Gasteiger partial charge < -0.3 is 18.9 Å². The molecule has 1 aromatic carbocycles. The molecule has 4 aliphatic heterocycles. The van der Waals surface area contributed by atoms with Gasteiger partial charge in [0, 0.05) is 0 Å². The minimum atomic E-state index is 0.224. The average molecular weight is 344 g/mol. The largest absolute Gasteiger partial charge is 0.373 e. The van der Waals surface area contributed by atoms with Crippen LogP contribution in [0.25, 0.3) is 0 Å². The van der Waals surface area contributed by atoms with Crippen molar-refractivity contribution in [3.8, 4) is 0 Å². The van der Waals surface area contributed by atoms with Gasteiger partial charge in [-0.1, -0.05) is 30.3 Å². The van der Waals surface area contributed by atoms with Crippen molar-refractivity contribution in [3.05, 3.63) is 35.9 Å². The van der Waals surface area contributed by atoms with Gasteiger partial charge in [0.05, 0.1) is 50.8 Å². The number of hydrogen-bond donors (Lipinski definition) is 0. The Morgan fingerprint density at radius 2 is 1.24 bits per heavy atom. The molecule has 0 aliphatic carbocycles. The molecule has 0 N–H and O–H groups in total. The zero-order valence-corrected chi connectivity index (χ0v) is 14.8. The molecule has 4 heterocycles. The van der Waals surface area contributed by atoms with Gasteiger partial charge in [-0.15, -0.1) is 0 Å². The molecule has 0 amide bonds. The molecule has 4 saturated heterocycles. The maximum absolute atomic E-state index is 5.69. The second-order valence-corrected chi connectivity index (χ2v) is 8.42. The van der Waals surface area contributed by atoms with Crippen LogP contribution < -0.4 is 0 Å². The van der Waals surface area contributed by atoms with Gasteiger partial charge in [0.1, 0.15) is 0 Å². The Kier molecular flexibility index (Phi) is 4.33. The number of rotatable bonds is 11. The van der Waals surface area contributed by atoms with Crippen molar-refractivity contribution in [2.45, 2.75) is 56.5 Å². The molecule has 5 rings (SSSR count). The quantitative estimate of drug-likeness (QED) is 0.579. The SMILES string of the molecule is c1ccc(CC(CC2CO2)(CC2CO2)C(CC2CO2)CC2CO2)cc1. The Labute approximate surface area is 149 Å². The molecule has 1 aromatic rings. The molecule has 4 fully saturated rings. The van der Waals surface area contributed by atoms with E-state index in [1.54, 1.807) is 0 Å². The second kappa shape index (κ2) is 6.66. The third kappa shape index (κ3) is 4.43. The minimum absolute atomic E-state index is 0.224. The van der Waals surface area contributed by atoms with E-state index < -0.39 is 0 Å². The molecule has 0 spiro atoms. The highest BCUT2D eigenvalue weighted by molar-refractivity contribution is 5.18. The first-order valence-electron chi connectivity index (χ1n) is 9.79. The van der Waals surface area contributed by atoms with Gasteiger partial charge in [-0.3, -0.25) is 0 Å². The van der Waals surface area contributed by atoms with Gasteiger partial charge in [-0.25, -0.2) is 0 Å². The molecule has 4 unspecified atom stereocenters. The third-order valence-corrected chi connectivity index (χ3v) is 6.24. The van der Waals surface area contributed by atoms with Crippen LogP contribution in [0.3, 0.4) is 0 Å². The first kappa shape index (κ1) is 16.2. The fourth-order valence-corrected chi connectivity index (χ4v) is 4.63. The summed E-state index contributed by atoms with van der Waals surface area (Å²) in [6.07, 6.45) is 7.50. The van der Waals surface area contributed by atoms with Crippen molar-refractivity contribution in [2.24, 2.45) is 11.3 Å². The minimum Gasteiger partial charge on any atom is -0.373 e. The summed E-state index contributed by atoms with van der Waals surface area (Å²) < 4.78 is 22.6. The van der Waals surface area contributed by atoms with E-state index in [1.807, 2.05) is 0 Å². The summed E-state index contributed by atoms with van der Waals surface area (Å²) in [5, 5.41) is 0. The zero-order valence-electron chi connectivity index (χ0n) is 14.8. The van der Waals surface area contributed by atoms with Crippen LogP contribution in [0.15, 0.2) is 30.3 Å². The summed E-state index contributed by atoms with van der Waals surface area (Å²) in [4.78, 5) is 0. The molecule has 25 heavy (non-hydrogen) atoms. The molecule has 4 aliphatic rings. The number of benzene rings is 1. The maximum Gasteiger partial charge on any atom is 0.0815 e. The normalized spacial score (nSPS) is 35.7. The van der Waals surface area contributed by atoms with Gasteiger partial charge in [-0.05, 0) is 49.0 Å². The summed E-state index contributed by atoms with van der Waals surface area (Å²) in [6, 6.07) is 11.0. The molecule has 0 bridgehead atoms. The molecule has 4 nitrogen and oxygen atoms in total. The Morgan fingerprint density at radius 1 is 0.760 bits per heavy atom. The van der Waals surface area contributed by atoms with E-state index in [0.29, 0.717) is 30.3 Å². The lowest BCUT2D eigenvalue weighted by Crippen LogP contribution is -2.38. The fourth-order valence-electron chi connectivity index (χ4n) is 4.63. The molecular weight excluding hydrogens is 316 g/mol. The van der Waals surface area contributed by atoms with E-state index in [4.69, 9.17) is 18.9 Å². The summed E-state index contributed by atoms with van der Waals surface area (Å²) in [5.41, 5.74) is 1.66. The van der Waals surface area contributed by atoms with Crippen LogP contribution >= 0.6 is 0 Å². The first-order chi connectivity index (χ1) is 12.3. The number of hydrogen-bond acceptors (Lipinski definition) is 4. The van der Waals surface area contributed by atoms with E-state index in [9.17, 15) is 0 Å². The third-order valence-electron chi connectivity index (χ3n) is 6.24.